The Morgan fingerprint density at radius 1 is 1.08 bits per heavy atom. The summed E-state index contributed by atoms with van der Waals surface area (Å²) >= 11 is 0. The summed E-state index contributed by atoms with van der Waals surface area (Å²) in [5.74, 6) is 0.0933. The van der Waals surface area contributed by atoms with Gasteiger partial charge in [0.25, 0.3) is 5.91 Å². The predicted molar refractivity (Wildman–Crippen MR) is 97.4 cm³/mol. The van der Waals surface area contributed by atoms with Crippen LogP contribution in [0.25, 0.3) is 0 Å². The number of carbonyl (C=O) groups excluding carboxylic acids is 1. The van der Waals surface area contributed by atoms with E-state index in [1.54, 1.807) is 12.1 Å². The van der Waals surface area contributed by atoms with Crippen LogP contribution in [0.15, 0.2) is 57.1 Å². The Balaban J connectivity index is 1.66. The number of carbonyl (C=O) groups is 1. The number of benzene rings is 1. The molecule has 1 saturated heterocycles. The van der Waals surface area contributed by atoms with Gasteiger partial charge in [0.15, 0.2) is 0 Å². The third kappa shape index (κ3) is 4.39. The maximum absolute atomic E-state index is 12.7. The van der Waals surface area contributed by atoms with E-state index in [0.717, 1.165) is 25.7 Å². The highest BCUT2D eigenvalue weighted by Crippen LogP contribution is 2.20. The Morgan fingerprint density at radius 3 is 2.38 bits per heavy atom. The van der Waals surface area contributed by atoms with Crippen molar-refractivity contribution in [2.75, 3.05) is 13.1 Å². The van der Waals surface area contributed by atoms with Crippen LogP contribution in [-0.4, -0.2) is 37.9 Å². The minimum absolute atomic E-state index is 0.204. The maximum atomic E-state index is 12.7. The molecule has 26 heavy (non-hydrogen) atoms. The molecular weight excluding hydrogens is 354 g/mol. The molecule has 1 aromatic heterocycles. The SMILES string of the molecule is O=C(N/N=C/c1ccco1)c1ccc(S(=O)(=O)N2CCCCCC2)cc1. The molecule has 1 aliphatic rings. The molecule has 2 aromatic rings. The summed E-state index contributed by atoms with van der Waals surface area (Å²) in [4.78, 5) is 12.3. The summed E-state index contributed by atoms with van der Waals surface area (Å²) in [5.41, 5.74) is 2.71. The van der Waals surface area contributed by atoms with E-state index < -0.39 is 15.9 Å². The van der Waals surface area contributed by atoms with E-state index in [1.807, 2.05) is 0 Å². The molecular formula is C18H21N3O4S. The predicted octanol–water partition coefficient (Wildman–Crippen LogP) is 2.61. The van der Waals surface area contributed by atoms with Crippen LogP contribution >= 0.6 is 0 Å². The average molecular weight is 375 g/mol. The molecule has 0 aliphatic carbocycles. The van der Waals surface area contributed by atoms with Crippen molar-refractivity contribution in [2.45, 2.75) is 30.6 Å². The zero-order chi connectivity index (χ0) is 18.4. The van der Waals surface area contributed by atoms with Gasteiger partial charge in [0, 0.05) is 18.7 Å². The van der Waals surface area contributed by atoms with E-state index in [1.165, 1.54) is 41.0 Å². The van der Waals surface area contributed by atoms with Crippen LogP contribution in [0.1, 0.15) is 41.8 Å². The molecule has 0 bridgehead atoms. The summed E-state index contributed by atoms with van der Waals surface area (Å²) in [6, 6.07) is 9.33. The summed E-state index contributed by atoms with van der Waals surface area (Å²) in [6.45, 7) is 1.10. The van der Waals surface area contributed by atoms with Crippen molar-refractivity contribution in [2.24, 2.45) is 5.10 Å². The van der Waals surface area contributed by atoms with E-state index >= 15 is 0 Å². The van der Waals surface area contributed by atoms with Gasteiger partial charge in [0.1, 0.15) is 5.76 Å². The van der Waals surface area contributed by atoms with Crippen LogP contribution in [0.4, 0.5) is 0 Å². The second-order valence-electron chi connectivity index (χ2n) is 6.06. The molecule has 1 aromatic carbocycles. The Morgan fingerprint density at radius 2 is 1.77 bits per heavy atom. The van der Waals surface area contributed by atoms with E-state index in [-0.39, 0.29) is 4.90 Å². The van der Waals surface area contributed by atoms with Gasteiger partial charge in [-0.05, 0) is 49.2 Å². The van der Waals surface area contributed by atoms with E-state index in [9.17, 15) is 13.2 Å². The maximum Gasteiger partial charge on any atom is 0.271 e. The van der Waals surface area contributed by atoms with Gasteiger partial charge < -0.3 is 4.42 Å². The number of furan rings is 1. The van der Waals surface area contributed by atoms with Crippen molar-refractivity contribution >= 4 is 22.1 Å². The number of hydrogen-bond acceptors (Lipinski definition) is 5. The lowest BCUT2D eigenvalue weighted by Gasteiger charge is -2.19. The van der Waals surface area contributed by atoms with Gasteiger partial charge in [-0.1, -0.05) is 12.8 Å². The molecule has 1 N–H and O–H groups in total. The van der Waals surface area contributed by atoms with Gasteiger partial charge in [0.05, 0.1) is 17.4 Å². The number of hydrazone groups is 1. The van der Waals surface area contributed by atoms with Gasteiger partial charge in [0.2, 0.25) is 10.0 Å². The van der Waals surface area contributed by atoms with Crippen LogP contribution in [0.3, 0.4) is 0 Å². The summed E-state index contributed by atoms with van der Waals surface area (Å²) < 4.78 is 32.0. The fourth-order valence-corrected chi connectivity index (χ4v) is 4.31. The van der Waals surface area contributed by atoms with Crippen molar-refractivity contribution in [3.8, 4) is 0 Å². The zero-order valence-corrected chi connectivity index (χ0v) is 15.1. The minimum atomic E-state index is -3.51. The Hall–Kier alpha value is -2.45. The zero-order valence-electron chi connectivity index (χ0n) is 14.3. The second kappa shape index (κ2) is 8.29. The highest BCUT2D eigenvalue weighted by atomic mass is 32.2. The number of nitrogens with zero attached hydrogens (tertiary/aromatic N) is 2. The lowest BCUT2D eigenvalue weighted by Crippen LogP contribution is -2.32. The first kappa shape index (κ1) is 18.3. The average Bonchev–Trinajstić information content (AvgIpc) is 3.00. The molecule has 0 unspecified atom stereocenters. The largest absolute Gasteiger partial charge is 0.463 e. The van der Waals surface area contributed by atoms with E-state index in [2.05, 4.69) is 10.5 Å². The molecule has 0 saturated carbocycles. The van der Waals surface area contributed by atoms with Crippen molar-refractivity contribution in [1.29, 1.82) is 0 Å². The molecule has 1 aliphatic heterocycles. The first-order valence-corrected chi connectivity index (χ1v) is 9.98. The lowest BCUT2D eigenvalue weighted by atomic mass is 10.2. The van der Waals surface area contributed by atoms with Gasteiger partial charge in [-0.3, -0.25) is 4.79 Å². The highest BCUT2D eigenvalue weighted by Gasteiger charge is 2.25. The van der Waals surface area contributed by atoms with Crippen molar-refractivity contribution in [1.82, 2.24) is 9.73 Å². The first-order chi connectivity index (χ1) is 12.6. The molecule has 7 nitrogen and oxygen atoms in total. The van der Waals surface area contributed by atoms with E-state index in [4.69, 9.17) is 4.42 Å². The van der Waals surface area contributed by atoms with Crippen LogP contribution in [0, 0.1) is 0 Å². The summed E-state index contributed by atoms with van der Waals surface area (Å²) in [7, 11) is -3.51. The molecule has 1 fully saturated rings. The molecule has 0 spiro atoms. The molecule has 2 heterocycles. The topological polar surface area (TPSA) is 92.0 Å². The number of nitrogens with one attached hydrogen (secondary N) is 1. The Kier molecular flexibility index (Phi) is 5.85. The standard InChI is InChI=1S/C18H21N3O4S/c22-18(20-19-14-16-6-5-13-25-16)15-7-9-17(10-8-15)26(23,24)21-11-3-1-2-4-12-21/h5-10,13-14H,1-4,11-12H2,(H,20,22)/b19-14+. The third-order valence-corrected chi connectivity index (χ3v) is 6.13. The Labute approximate surface area is 152 Å². The van der Waals surface area contributed by atoms with Crippen LogP contribution in [-0.2, 0) is 10.0 Å². The van der Waals surface area contributed by atoms with Gasteiger partial charge in [-0.25, -0.2) is 13.8 Å². The molecule has 1 amide bonds. The Bertz CT molecular complexity index is 850. The van der Waals surface area contributed by atoms with Gasteiger partial charge in [-0.2, -0.15) is 9.41 Å². The number of rotatable bonds is 5. The first-order valence-electron chi connectivity index (χ1n) is 8.54. The molecule has 0 atom stereocenters. The van der Waals surface area contributed by atoms with Gasteiger partial charge >= 0.3 is 0 Å². The quantitative estimate of drug-likeness (QED) is 0.642. The molecule has 3 rings (SSSR count). The number of hydrogen-bond donors (Lipinski definition) is 1. The summed E-state index contributed by atoms with van der Waals surface area (Å²) in [5, 5.41) is 3.80. The minimum Gasteiger partial charge on any atom is -0.463 e. The van der Waals surface area contributed by atoms with Crippen LogP contribution in [0.2, 0.25) is 0 Å². The van der Waals surface area contributed by atoms with Crippen molar-refractivity contribution in [3.63, 3.8) is 0 Å². The van der Waals surface area contributed by atoms with Gasteiger partial charge in [-0.15, -0.1) is 0 Å². The van der Waals surface area contributed by atoms with E-state index in [0.29, 0.717) is 24.4 Å². The van der Waals surface area contributed by atoms with Crippen molar-refractivity contribution in [3.05, 3.63) is 54.0 Å². The smallest absolute Gasteiger partial charge is 0.271 e. The fraction of sp³-hybridized carbons (Fsp3) is 0.333. The fourth-order valence-electron chi connectivity index (χ4n) is 2.79. The summed E-state index contributed by atoms with van der Waals surface area (Å²) in [6.07, 6.45) is 6.77. The highest BCUT2D eigenvalue weighted by molar-refractivity contribution is 7.89. The molecule has 0 radical (unpaired) electrons. The normalized spacial score (nSPS) is 16.5. The number of amides is 1. The van der Waals surface area contributed by atoms with Crippen LogP contribution < -0.4 is 5.43 Å². The molecule has 8 heteroatoms. The lowest BCUT2D eigenvalue weighted by molar-refractivity contribution is 0.0955. The number of sulfonamides is 1. The monoisotopic (exact) mass is 375 g/mol. The van der Waals surface area contributed by atoms with Crippen molar-refractivity contribution < 1.29 is 17.6 Å². The molecule has 138 valence electrons. The second-order valence-corrected chi connectivity index (χ2v) is 8.00. The van der Waals surface area contributed by atoms with Crippen LogP contribution in [0.5, 0.6) is 0 Å². The third-order valence-electron chi connectivity index (χ3n) is 4.22.